The highest BCUT2D eigenvalue weighted by Gasteiger charge is 2.40. The average molecular weight is 339 g/mol. The van der Waals surface area contributed by atoms with E-state index in [1.165, 1.54) is 18.2 Å². The monoisotopic (exact) mass is 339 g/mol. The van der Waals surface area contributed by atoms with Gasteiger partial charge in [0.25, 0.3) is 0 Å². The molecule has 0 radical (unpaired) electrons. The minimum atomic E-state index is -0.879. The molecular weight excluding hydrogens is 316 g/mol. The van der Waals surface area contributed by atoms with Gasteiger partial charge in [-0.2, -0.15) is 0 Å². The van der Waals surface area contributed by atoms with Gasteiger partial charge in [0.1, 0.15) is 11.6 Å². The Hall–Kier alpha value is -1.98. The molecule has 0 saturated heterocycles. The number of hydrogen-bond donors (Lipinski definition) is 2. The van der Waals surface area contributed by atoms with E-state index >= 15 is 0 Å². The van der Waals surface area contributed by atoms with Crippen LogP contribution in [0, 0.1) is 11.6 Å². The first-order valence-electron chi connectivity index (χ1n) is 8.38. The largest absolute Gasteiger partial charge is 0.481 e. The second-order valence-electron chi connectivity index (χ2n) is 6.46. The fraction of sp³-hybridized carbons (Fsp3) is 0.556. The van der Waals surface area contributed by atoms with Crippen LogP contribution in [0.4, 0.5) is 8.78 Å². The maximum Gasteiger partial charge on any atom is 0.303 e. The number of carbonyl (C=O) groups excluding carboxylic acids is 1. The molecule has 1 aromatic rings. The molecular formula is C18H23F2NO3. The van der Waals surface area contributed by atoms with Gasteiger partial charge in [0.05, 0.1) is 0 Å². The van der Waals surface area contributed by atoms with E-state index in [0.717, 1.165) is 12.8 Å². The van der Waals surface area contributed by atoms with Crippen molar-refractivity contribution in [1.82, 2.24) is 5.32 Å². The van der Waals surface area contributed by atoms with Crippen LogP contribution in [-0.4, -0.2) is 23.5 Å². The number of rotatable bonds is 8. The van der Waals surface area contributed by atoms with Crippen molar-refractivity contribution in [2.45, 2.75) is 56.8 Å². The van der Waals surface area contributed by atoms with Gasteiger partial charge < -0.3 is 10.4 Å². The molecule has 1 aliphatic carbocycles. The van der Waals surface area contributed by atoms with E-state index in [2.05, 4.69) is 5.32 Å². The number of carboxylic acid groups (broad SMARTS) is 1. The Bertz CT molecular complexity index is 578. The number of unbranched alkanes of at least 4 members (excludes halogenated alkanes) is 1. The molecule has 0 heterocycles. The highest BCUT2D eigenvalue weighted by atomic mass is 19.1. The molecule has 1 saturated carbocycles. The zero-order chi connectivity index (χ0) is 17.6. The lowest BCUT2D eigenvalue weighted by atomic mass is 9.78. The molecule has 6 heteroatoms. The summed E-state index contributed by atoms with van der Waals surface area (Å²) >= 11 is 0. The third-order valence-corrected chi connectivity index (χ3v) is 4.72. The van der Waals surface area contributed by atoms with Crippen LogP contribution < -0.4 is 5.32 Å². The summed E-state index contributed by atoms with van der Waals surface area (Å²) in [4.78, 5) is 22.4. The average Bonchev–Trinajstić information content (AvgIpc) is 2.99. The second-order valence-corrected chi connectivity index (χ2v) is 6.46. The Morgan fingerprint density at radius 1 is 1.08 bits per heavy atom. The van der Waals surface area contributed by atoms with E-state index in [0.29, 0.717) is 25.7 Å². The summed E-state index contributed by atoms with van der Waals surface area (Å²) in [6.45, 7) is 0.211. The summed E-state index contributed by atoms with van der Waals surface area (Å²) in [7, 11) is 0. The molecule has 24 heavy (non-hydrogen) atoms. The van der Waals surface area contributed by atoms with Crippen LogP contribution in [0.5, 0.6) is 0 Å². The predicted octanol–water partition coefficient (Wildman–Crippen LogP) is 3.54. The van der Waals surface area contributed by atoms with Crippen molar-refractivity contribution < 1.29 is 23.5 Å². The number of benzene rings is 1. The first-order chi connectivity index (χ1) is 11.4. The number of halogens is 2. The molecule has 1 fully saturated rings. The first kappa shape index (κ1) is 18.4. The van der Waals surface area contributed by atoms with Crippen molar-refractivity contribution in [3.63, 3.8) is 0 Å². The summed E-state index contributed by atoms with van der Waals surface area (Å²) in [5.74, 6) is -2.21. The molecule has 1 amide bonds. The minimum absolute atomic E-state index is 0.0393. The fourth-order valence-electron chi connectivity index (χ4n) is 3.49. The lowest BCUT2D eigenvalue weighted by Gasteiger charge is -2.30. The zero-order valence-electron chi connectivity index (χ0n) is 13.6. The van der Waals surface area contributed by atoms with Crippen LogP contribution in [0.3, 0.4) is 0 Å². The van der Waals surface area contributed by atoms with Crippen LogP contribution in [-0.2, 0) is 15.0 Å². The topological polar surface area (TPSA) is 66.4 Å². The Morgan fingerprint density at radius 2 is 1.67 bits per heavy atom. The lowest BCUT2D eigenvalue weighted by Crippen LogP contribution is -2.40. The maximum atomic E-state index is 14.2. The molecule has 0 unspecified atom stereocenters. The molecule has 0 aliphatic heterocycles. The van der Waals surface area contributed by atoms with Gasteiger partial charge in [-0.05, 0) is 37.8 Å². The highest BCUT2D eigenvalue weighted by molar-refractivity contribution is 5.76. The number of carboxylic acids is 1. The Labute approximate surface area is 140 Å². The lowest BCUT2D eigenvalue weighted by molar-refractivity contribution is -0.137. The molecule has 0 bridgehead atoms. The van der Waals surface area contributed by atoms with E-state index in [4.69, 9.17) is 5.11 Å². The number of nitrogens with one attached hydrogen (secondary N) is 1. The van der Waals surface area contributed by atoms with Crippen molar-refractivity contribution in [3.05, 3.63) is 35.4 Å². The SMILES string of the molecule is O=C(O)CCCCC(=O)NCC1(c2c(F)cccc2F)CCCC1. The highest BCUT2D eigenvalue weighted by Crippen LogP contribution is 2.42. The third-order valence-electron chi connectivity index (χ3n) is 4.72. The quantitative estimate of drug-likeness (QED) is 0.712. The summed E-state index contributed by atoms with van der Waals surface area (Å²) in [5, 5.41) is 11.4. The van der Waals surface area contributed by atoms with Gasteiger partial charge in [-0.1, -0.05) is 18.9 Å². The number of aliphatic carboxylic acids is 1. The Balaban J connectivity index is 1.97. The van der Waals surface area contributed by atoms with Gasteiger partial charge in [-0.25, -0.2) is 8.78 Å². The van der Waals surface area contributed by atoms with Crippen molar-refractivity contribution in [3.8, 4) is 0 Å². The molecule has 0 spiro atoms. The third kappa shape index (κ3) is 4.52. The standard InChI is InChI=1S/C18H23F2NO3/c19-13-6-5-7-14(20)17(13)18(10-3-4-11-18)12-21-15(22)8-1-2-9-16(23)24/h5-7H,1-4,8-12H2,(H,21,22)(H,23,24). The number of carbonyl (C=O) groups is 2. The van der Waals surface area contributed by atoms with E-state index in [9.17, 15) is 18.4 Å². The molecule has 132 valence electrons. The van der Waals surface area contributed by atoms with E-state index in [1.807, 2.05) is 0 Å². The Morgan fingerprint density at radius 3 is 2.25 bits per heavy atom. The normalized spacial score (nSPS) is 16.1. The van der Waals surface area contributed by atoms with E-state index < -0.39 is 23.0 Å². The molecule has 2 N–H and O–H groups in total. The first-order valence-corrected chi connectivity index (χ1v) is 8.38. The van der Waals surface area contributed by atoms with Gasteiger partial charge >= 0.3 is 5.97 Å². The van der Waals surface area contributed by atoms with Crippen molar-refractivity contribution in [1.29, 1.82) is 0 Å². The second kappa shape index (κ2) is 8.22. The van der Waals surface area contributed by atoms with Crippen molar-refractivity contribution in [2.75, 3.05) is 6.54 Å². The number of amides is 1. The van der Waals surface area contributed by atoms with Gasteiger partial charge in [0.15, 0.2) is 0 Å². The van der Waals surface area contributed by atoms with Crippen molar-refractivity contribution >= 4 is 11.9 Å². The van der Waals surface area contributed by atoms with Gasteiger partial charge in [-0.15, -0.1) is 0 Å². The van der Waals surface area contributed by atoms with Gasteiger partial charge in [-0.3, -0.25) is 9.59 Å². The minimum Gasteiger partial charge on any atom is -0.481 e. The molecule has 4 nitrogen and oxygen atoms in total. The fourth-order valence-corrected chi connectivity index (χ4v) is 3.49. The van der Waals surface area contributed by atoms with Gasteiger partial charge in [0, 0.05) is 30.4 Å². The van der Waals surface area contributed by atoms with Crippen LogP contribution in [0.1, 0.15) is 56.9 Å². The molecule has 1 aromatic carbocycles. The van der Waals surface area contributed by atoms with Gasteiger partial charge in [0.2, 0.25) is 5.91 Å². The van der Waals surface area contributed by atoms with Crippen LogP contribution in [0.2, 0.25) is 0 Å². The molecule has 0 aromatic heterocycles. The summed E-state index contributed by atoms with van der Waals surface area (Å²) < 4.78 is 28.4. The molecule has 0 atom stereocenters. The summed E-state index contributed by atoms with van der Waals surface area (Å²) in [6.07, 6.45) is 4.23. The maximum absolute atomic E-state index is 14.2. The number of hydrogen-bond acceptors (Lipinski definition) is 2. The van der Waals surface area contributed by atoms with Crippen LogP contribution in [0.25, 0.3) is 0 Å². The molecule has 2 rings (SSSR count). The van der Waals surface area contributed by atoms with Crippen LogP contribution >= 0.6 is 0 Å². The van der Waals surface area contributed by atoms with E-state index in [1.54, 1.807) is 0 Å². The van der Waals surface area contributed by atoms with Crippen LogP contribution in [0.15, 0.2) is 18.2 Å². The van der Waals surface area contributed by atoms with E-state index in [-0.39, 0.29) is 30.9 Å². The van der Waals surface area contributed by atoms with Crippen molar-refractivity contribution in [2.24, 2.45) is 0 Å². The summed E-state index contributed by atoms with van der Waals surface area (Å²) in [6, 6.07) is 3.86. The summed E-state index contributed by atoms with van der Waals surface area (Å²) in [5.41, 5.74) is -0.611. The smallest absolute Gasteiger partial charge is 0.303 e. The zero-order valence-corrected chi connectivity index (χ0v) is 13.6. The molecule has 1 aliphatic rings. The Kier molecular flexibility index (Phi) is 6.29. The predicted molar refractivity (Wildman–Crippen MR) is 85.6 cm³/mol.